The van der Waals surface area contributed by atoms with Gasteiger partial charge in [0.15, 0.2) is 0 Å². The average molecular weight is 185 g/mol. The van der Waals surface area contributed by atoms with Gasteiger partial charge in [0.2, 0.25) is 0 Å². The Balaban J connectivity index is 1.86. The van der Waals surface area contributed by atoms with E-state index in [1.807, 2.05) is 0 Å². The lowest BCUT2D eigenvalue weighted by Crippen LogP contribution is -2.41. The largest absolute Gasteiger partial charge is 0.481 e. The van der Waals surface area contributed by atoms with Gasteiger partial charge in [0.1, 0.15) is 0 Å². The predicted molar refractivity (Wildman–Crippen MR) is 46.6 cm³/mol. The maximum atomic E-state index is 10.9. The standard InChI is InChI=1S/C9H15NO3/c11-8(12)9(1-2-9)7-10-3-5-13-6-4-10/h1-7H2,(H,11,12). The molecule has 1 saturated heterocycles. The van der Waals surface area contributed by atoms with E-state index in [0.29, 0.717) is 6.54 Å². The molecule has 74 valence electrons. The summed E-state index contributed by atoms with van der Waals surface area (Å²) in [5.74, 6) is -0.626. The first-order chi connectivity index (χ1) is 6.23. The molecule has 0 bridgehead atoms. The number of aliphatic carboxylic acids is 1. The first-order valence-corrected chi connectivity index (χ1v) is 4.76. The van der Waals surface area contributed by atoms with Crippen LogP contribution in [0.4, 0.5) is 0 Å². The molecule has 4 nitrogen and oxygen atoms in total. The second kappa shape index (κ2) is 3.27. The molecule has 1 saturated carbocycles. The van der Waals surface area contributed by atoms with Crippen molar-refractivity contribution in [3.63, 3.8) is 0 Å². The first kappa shape index (κ1) is 8.97. The fourth-order valence-electron chi connectivity index (χ4n) is 1.78. The van der Waals surface area contributed by atoms with Crippen LogP contribution in [0.15, 0.2) is 0 Å². The van der Waals surface area contributed by atoms with E-state index in [2.05, 4.69) is 4.90 Å². The Morgan fingerprint density at radius 1 is 1.38 bits per heavy atom. The number of carboxylic acids is 1. The molecule has 0 radical (unpaired) electrons. The van der Waals surface area contributed by atoms with Crippen LogP contribution in [0, 0.1) is 5.41 Å². The molecule has 0 unspecified atom stereocenters. The minimum Gasteiger partial charge on any atom is -0.481 e. The molecule has 0 atom stereocenters. The third-order valence-corrected chi connectivity index (χ3v) is 2.94. The number of rotatable bonds is 3. The summed E-state index contributed by atoms with van der Waals surface area (Å²) >= 11 is 0. The summed E-state index contributed by atoms with van der Waals surface area (Å²) < 4.78 is 5.21. The van der Waals surface area contributed by atoms with Crippen LogP contribution in [-0.4, -0.2) is 48.8 Å². The molecule has 0 spiro atoms. The minimum absolute atomic E-state index is 0.405. The minimum atomic E-state index is -0.626. The molecule has 1 heterocycles. The molecule has 0 amide bonds. The zero-order valence-corrected chi connectivity index (χ0v) is 7.66. The summed E-state index contributed by atoms with van der Waals surface area (Å²) in [5, 5.41) is 8.98. The third-order valence-electron chi connectivity index (χ3n) is 2.94. The Morgan fingerprint density at radius 2 is 2.00 bits per heavy atom. The highest BCUT2D eigenvalue weighted by Crippen LogP contribution is 2.46. The molecule has 2 aliphatic rings. The average Bonchev–Trinajstić information content (AvgIpc) is 2.87. The summed E-state index contributed by atoms with van der Waals surface area (Å²) in [6.45, 7) is 3.97. The van der Waals surface area contributed by atoms with Crippen molar-refractivity contribution in [1.82, 2.24) is 4.90 Å². The summed E-state index contributed by atoms with van der Waals surface area (Å²) in [4.78, 5) is 13.1. The zero-order valence-electron chi connectivity index (χ0n) is 7.66. The van der Waals surface area contributed by atoms with E-state index in [-0.39, 0.29) is 0 Å². The first-order valence-electron chi connectivity index (χ1n) is 4.76. The lowest BCUT2D eigenvalue weighted by atomic mass is 10.1. The van der Waals surface area contributed by atoms with Gasteiger partial charge < -0.3 is 9.84 Å². The normalized spacial score (nSPS) is 27.1. The number of morpholine rings is 1. The molecule has 0 aromatic rings. The van der Waals surface area contributed by atoms with Gasteiger partial charge in [-0.3, -0.25) is 9.69 Å². The van der Waals surface area contributed by atoms with Gasteiger partial charge in [-0.05, 0) is 12.8 Å². The van der Waals surface area contributed by atoms with Gasteiger partial charge in [0.05, 0.1) is 18.6 Å². The molecule has 1 aliphatic carbocycles. The molecule has 1 N–H and O–H groups in total. The van der Waals surface area contributed by atoms with Crippen LogP contribution in [0.1, 0.15) is 12.8 Å². The predicted octanol–water partition coefficient (Wildman–Crippen LogP) is 0.183. The number of ether oxygens (including phenoxy) is 1. The molecule has 1 aliphatic heterocycles. The van der Waals surface area contributed by atoms with E-state index in [0.717, 1.165) is 39.1 Å². The molecule has 13 heavy (non-hydrogen) atoms. The number of nitrogens with zero attached hydrogens (tertiary/aromatic N) is 1. The van der Waals surface area contributed by atoms with Crippen molar-refractivity contribution in [3.8, 4) is 0 Å². The van der Waals surface area contributed by atoms with Crippen molar-refractivity contribution in [2.45, 2.75) is 12.8 Å². The summed E-state index contributed by atoms with van der Waals surface area (Å²) in [5.41, 5.74) is -0.405. The van der Waals surface area contributed by atoms with E-state index < -0.39 is 11.4 Å². The fourth-order valence-corrected chi connectivity index (χ4v) is 1.78. The van der Waals surface area contributed by atoms with Crippen LogP contribution in [0.5, 0.6) is 0 Å². The van der Waals surface area contributed by atoms with Gasteiger partial charge in [-0.1, -0.05) is 0 Å². The Kier molecular flexibility index (Phi) is 2.26. The molecule has 0 aromatic heterocycles. The van der Waals surface area contributed by atoms with Crippen LogP contribution < -0.4 is 0 Å². The molecular weight excluding hydrogens is 170 g/mol. The van der Waals surface area contributed by atoms with Gasteiger partial charge in [-0.15, -0.1) is 0 Å². The number of hydrogen-bond acceptors (Lipinski definition) is 3. The molecule has 4 heteroatoms. The van der Waals surface area contributed by atoms with Crippen LogP contribution in [0.25, 0.3) is 0 Å². The van der Waals surface area contributed by atoms with Crippen molar-refractivity contribution in [3.05, 3.63) is 0 Å². The smallest absolute Gasteiger partial charge is 0.310 e. The Hall–Kier alpha value is -0.610. The summed E-state index contributed by atoms with van der Waals surface area (Å²) in [6, 6.07) is 0. The zero-order chi connectivity index (χ0) is 9.31. The lowest BCUT2D eigenvalue weighted by Gasteiger charge is -2.28. The van der Waals surface area contributed by atoms with Crippen molar-refractivity contribution in [2.75, 3.05) is 32.8 Å². The highest BCUT2D eigenvalue weighted by atomic mass is 16.5. The van der Waals surface area contributed by atoms with Gasteiger partial charge >= 0.3 is 5.97 Å². The Morgan fingerprint density at radius 3 is 2.46 bits per heavy atom. The van der Waals surface area contributed by atoms with Crippen molar-refractivity contribution in [1.29, 1.82) is 0 Å². The SMILES string of the molecule is O=C(O)C1(CN2CCOCC2)CC1. The van der Waals surface area contributed by atoms with Crippen LogP contribution in [0.2, 0.25) is 0 Å². The fraction of sp³-hybridized carbons (Fsp3) is 0.889. The van der Waals surface area contributed by atoms with Crippen LogP contribution in [-0.2, 0) is 9.53 Å². The molecule has 2 rings (SSSR count). The summed E-state index contributed by atoms with van der Waals surface area (Å²) in [7, 11) is 0. The van der Waals surface area contributed by atoms with Crippen LogP contribution in [0.3, 0.4) is 0 Å². The number of carbonyl (C=O) groups is 1. The topological polar surface area (TPSA) is 49.8 Å². The molecule has 2 fully saturated rings. The quantitative estimate of drug-likeness (QED) is 0.681. The van der Waals surface area contributed by atoms with E-state index >= 15 is 0 Å². The maximum Gasteiger partial charge on any atom is 0.310 e. The second-order valence-electron chi connectivity index (χ2n) is 3.97. The molecular formula is C9H15NO3. The van der Waals surface area contributed by atoms with Crippen LogP contribution >= 0.6 is 0 Å². The highest BCUT2D eigenvalue weighted by Gasteiger charge is 2.51. The van der Waals surface area contributed by atoms with Gasteiger partial charge in [-0.25, -0.2) is 0 Å². The summed E-state index contributed by atoms with van der Waals surface area (Å²) in [6.07, 6.45) is 1.69. The van der Waals surface area contributed by atoms with Crippen molar-refractivity contribution >= 4 is 5.97 Å². The van der Waals surface area contributed by atoms with Gasteiger partial charge in [0.25, 0.3) is 0 Å². The van der Waals surface area contributed by atoms with E-state index in [9.17, 15) is 4.79 Å². The third kappa shape index (κ3) is 1.84. The second-order valence-corrected chi connectivity index (χ2v) is 3.97. The Labute approximate surface area is 77.5 Å². The van der Waals surface area contributed by atoms with E-state index in [1.54, 1.807) is 0 Å². The van der Waals surface area contributed by atoms with Crippen molar-refractivity contribution in [2.24, 2.45) is 5.41 Å². The van der Waals surface area contributed by atoms with E-state index in [4.69, 9.17) is 9.84 Å². The maximum absolute atomic E-state index is 10.9. The molecule has 0 aromatic carbocycles. The van der Waals surface area contributed by atoms with Gasteiger partial charge in [0, 0.05) is 19.6 Å². The van der Waals surface area contributed by atoms with Crippen molar-refractivity contribution < 1.29 is 14.6 Å². The highest BCUT2D eigenvalue weighted by molar-refractivity contribution is 5.78. The number of carboxylic acid groups (broad SMARTS) is 1. The Bertz CT molecular complexity index is 207. The number of hydrogen-bond donors (Lipinski definition) is 1. The van der Waals surface area contributed by atoms with E-state index in [1.165, 1.54) is 0 Å². The van der Waals surface area contributed by atoms with Gasteiger partial charge in [-0.2, -0.15) is 0 Å². The monoisotopic (exact) mass is 185 g/mol. The lowest BCUT2D eigenvalue weighted by molar-refractivity contribution is -0.144.